The Balaban J connectivity index is 2.89. The predicted octanol–water partition coefficient (Wildman–Crippen LogP) is 1.99. The fraction of sp³-hybridized carbons (Fsp3) is 0.200. The van der Waals surface area contributed by atoms with E-state index < -0.39 is 4.92 Å². The lowest BCUT2D eigenvalue weighted by molar-refractivity contribution is -0.384. The summed E-state index contributed by atoms with van der Waals surface area (Å²) >= 11 is 0. The van der Waals surface area contributed by atoms with Crippen LogP contribution in [0.2, 0.25) is 0 Å². The minimum absolute atomic E-state index is 0.00299. The van der Waals surface area contributed by atoms with E-state index in [9.17, 15) is 10.1 Å². The smallest absolute Gasteiger partial charge is 0.269 e. The molecule has 0 spiro atoms. The van der Waals surface area contributed by atoms with Crippen molar-refractivity contribution in [1.29, 1.82) is 0 Å². The van der Waals surface area contributed by atoms with Gasteiger partial charge in [0.1, 0.15) is 0 Å². The van der Waals surface area contributed by atoms with Gasteiger partial charge in [0, 0.05) is 12.1 Å². The first-order chi connectivity index (χ1) is 6.63. The van der Waals surface area contributed by atoms with E-state index in [0.717, 1.165) is 11.1 Å². The molecule has 4 nitrogen and oxygen atoms in total. The van der Waals surface area contributed by atoms with Gasteiger partial charge in [-0.15, -0.1) is 0 Å². The SMILES string of the molecule is C/C(=C\c1ccc([N+](=O)[O-])cc1)CO. The fourth-order valence-corrected chi connectivity index (χ4v) is 1.02. The Labute approximate surface area is 81.6 Å². The van der Waals surface area contributed by atoms with Gasteiger partial charge in [-0.2, -0.15) is 0 Å². The van der Waals surface area contributed by atoms with E-state index >= 15 is 0 Å². The number of aliphatic hydroxyl groups excluding tert-OH is 1. The topological polar surface area (TPSA) is 63.4 Å². The van der Waals surface area contributed by atoms with Crippen LogP contribution in [0.1, 0.15) is 12.5 Å². The van der Waals surface area contributed by atoms with Gasteiger partial charge in [0.2, 0.25) is 0 Å². The maximum Gasteiger partial charge on any atom is 0.269 e. The molecule has 0 atom stereocenters. The molecule has 4 heteroatoms. The summed E-state index contributed by atoms with van der Waals surface area (Å²) in [5.74, 6) is 0. The number of non-ortho nitro benzene ring substituents is 1. The van der Waals surface area contributed by atoms with E-state index in [1.54, 1.807) is 25.1 Å². The van der Waals surface area contributed by atoms with E-state index in [4.69, 9.17) is 5.11 Å². The zero-order chi connectivity index (χ0) is 10.6. The maximum absolute atomic E-state index is 10.3. The van der Waals surface area contributed by atoms with E-state index in [0.29, 0.717) is 0 Å². The maximum atomic E-state index is 10.3. The predicted molar refractivity (Wildman–Crippen MR) is 53.8 cm³/mol. The Kier molecular flexibility index (Phi) is 3.36. The molecule has 14 heavy (non-hydrogen) atoms. The molecular weight excluding hydrogens is 182 g/mol. The number of nitrogens with zero attached hydrogens (tertiary/aromatic N) is 1. The monoisotopic (exact) mass is 193 g/mol. The molecule has 1 aromatic rings. The number of hydrogen-bond donors (Lipinski definition) is 1. The van der Waals surface area contributed by atoms with Crippen molar-refractivity contribution in [3.63, 3.8) is 0 Å². The third-order valence-corrected chi connectivity index (χ3v) is 1.77. The van der Waals surface area contributed by atoms with Crippen LogP contribution in [0.5, 0.6) is 0 Å². The summed E-state index contributed by atoms with van der Waals surface area (Å²) in [6.07, 6.45) is 1.78. The molecule has 0 radical (unpaired) electrons. The molecule has 0 heterocycles. The second-order valence-electron chi connectivity index (χ2n) is 3.00. The Bertz CT molecular complexity index is 354. The minimum Gasteiger partial charge on any atom is -0.392 e. The van der Waals surface area contributed by atoms with E-state index in [-0.39, 0.29) is 12.3 Å². The molecule has 1 N–H and O–H groups in total. The Morgan fingerprint density at radius 2 is 2.07 bits per heavy atom. The summed E-state index contributed by atoms with van der Waals surface area (Å²) in [5.41, 5.74) is 1.74. The molecule has 1 aromatic carbocycles. The summed E-state index contributed by atoms with van der Waals surface area (Å²) in [6.45, 7) is 1.79. The van der Waals surface area contributed by atoms with Crippen molar-refractivity contribution in [3.05, 3.63) is 45.5 Å². The molecule has 0 saturated heterocycles. The second-order valence-corrected chi connectivity index (χ2v) is 3.00. The first kappa shape index (κ1) is 10.4. The van der Waals surface area contributed by atoms with Crippen LogP contribution >= 0.6 is 0 Å². The quantitative estimate of drug-likeness (QED) is 0.589. The minimum atomic E-state index is -0.438. The van der Waals surface area contributed by atoms with Crippen molar-refractivity contribution in [2.75, 3.05) is 6.61 Å². The van der Waals surface area contributed by atoms with Crippen LogP contribution in [-0.4, -0.2) is 16.6 Å². The standard InChI is InChI=1S/C10H11NO3/c1-8(7-12)6-9-2-4-10(5-3-9)11(13)14/h2-6,12H,7H2,1H3/b8-6+. The normalized spacial score (nSPS) is 11.4. The van der Waals surface area contributed by atoms with Crippen LogP contribution in [0.4, 0.5) is 5.69 Å². The second kappa shape index (κ2) is 4.53. The molecular formula is C10H11NO3. The molecule has 0 fully saturated rings. The lowest BCUT2D eigenvalue weighted by atomic mass is 10.1. The van der Waals surface area contributed by atoms with Crippen molar-refractivity contribution in [2.45, 2.75) is 6.92 Å². The highest BCUT2D eigenvalue weighted by molar-refractivity contribution is 5.54. The van der Waals surface area contributed by atoms with Crippen LogP contribution < -0.4 is 0 Å². The molecule has 0 aliphatic heterocycles. The number of rotatable bonds is 3. The average molecular weight is 193 g/mol. The third-order valence-electron chi connectivity index (χ3n) is 1.77. The van der Waals surface area contributed by atoms with Gasteiger partial charge in [-0.1, -0.05) is 6.08 Å². The summed E-state index contributed by atoms with van der Waals surface area (Å²) in [6, 6.07) is 6.18. The van der Waals surface area contributed by atoms with Gasteiger partial charge in [0.25, 0.3) is 5.69 Å². The van der Waals surface area contributed by atoms with Gasteiger partial charge < -0.3 is 5.11 Å². The Hall–Kier alpha value is -1.68. The van der Waals surface area contributed by atoms with Crippen molar-refractivity contribution in [2.24, 2.45) is 0 Å². The number of nitro benzene ring substituents is 1. The van der Waals surface area contributed by atoms with Gasteiger partial charge in [-0.3, -0.25) is 10.1 Å². The van der Waals surface area contributed by atoms with E-state index in [1.807, 2.05) is 0 Å². The number of nitro groups is 1. The zero-order valence-electron chi connectivity index (χ0n) is 7.80. The van der Waals surface area contributed by atoms with Crippen LogP contribution in [0.25, 0.3) is 6.08 Å². The van der Waals surface area contributed by atoms with Crippen molar-refractivity contribution < 1.29 is 10.0 Å². The molecule has 0 bridgehead atoms. The zero-order valence-corrected chi connectivity index (χ0v) is 7.80. The lowest BCUT2D eigenvalue weighted by Crippen LogP contribution is -1.87. The average Bonchev–Trinajstić information content (AvgIpc) is 2.18. The Morgan fingerprint density at radius 1 is 1.50 bits per heavy atom. The number of hydrogen-bond acceptors (Lipinski definition) is 3. The third kappa shape index (κ3) is 2.67. The molecule has 1 rings (SSSR count). The fourth-order valence-electron chi connectivity index (χ4n) is 1.02. The van der Waals surface area contributed by atoms with Gasteiger partial charge in [-0.05, 0) is 30.2 Å². The summed E-state index contributed by atoms with van der Waals surface area (Å²) < 4.78 is 0. The van der Waals surface area contributed by atoms with Crippen LogP contribution in [0.15, 0.2) is 29.8 Å². The molecule has 0 aliphatic carbocycles. The first-order valence-corrected chi connectivity index (χ1v) is 4.16. The van der Waals surface area contributed by atoms with E-state index in [2.05, 4.69) is 0 Å². The number of benzene rings is 1. The highest BCUT2D eigenvalue weighted by Gasteiger charge is 2.02. The highest BCUT2D eigenvalue weighted by Crippen LogP contribution is 2.13. The largest absolute Gasteiger partial charge is 0.392 e. The van der Waals surface area contributed by atoms with Gasteiger partial charge in [0.15, 0.2) is 0 Å². The summed E-state index contributed by atoms with van der Waals surface area (Å²) in [4.78, 5) is 9.90. The molecule has 0 aromatic heterocycles. The Morgan fingerprint density at radius 3 is 2.50 bits per heavy atom. The number of aliphatic hydroxyl groups is 1. The van der Waals surface area contributed by atoms with Crippen molar-refractivity contribution >= 4 is 11.8 Å². The summed E-state index contributed by atoms with van der Waals surface area (Å²) in [5, 5.41) is 19.1. The first-order valence-electron chi connectivity index (χ1n) is 4.16. The molecule has 0 saturated carbocycles. The van der Waals surface area contributed by atoms with Gasteiger partial charge in [-0.25, -0.2) is 0 Å². The molecule has 0 aliphatic rings. The van der Waals surface area contributed by atoms with Crippen LogP contribution in [0.3, 0.4) is 0 Å². The van der Waals surface area contributed by atoms with Gasteiger partial charge in [0.05, 0.1) is 11.5 Å². The van der Waals surface area contributed by atoms with Crippen molar-refractivity contribution in [3.8, 4) is 0 Å². The van der Waals surface area contributed by atoms with Crippen LogP contribution in [0, 0.1) is 10.1 Å². The lowest BCUT2D eigenvalue weighted by Gasteiger charge is -1.96. The molecule has 0 unspecified atom stereocenters. The van der Waals surface area contributed by atoms with Gasteiger partial charge >= 0.3 is 0 Å². The summed E-state index contributed by atoms with van der Waals surface area (Å²) in [7, 11) is 0. The van der Waals surface area contributed by atoms with E-state index in [1.165, 1.54) is 12.1 Å². The highest BCUT2D eigenvalue weighted by atomic mass is 16.6. The van der Waals surface area contributed by atoms with Crippen molar-refractivity contribution in [1.82, 2.24) is 0 Å². The van der Waals surface area contributed by atoms with Crippen LogP contribution in [-0.2, 0) is 0 Å². The molecule has 74 valence electrons. The molecule has 0 amide bonds.